The van der Waals surface area contributed by atoms with E-state index in [4.69, 9.17) is 14.2 Å². The zero-order valence-electron chi connectivity index (χ0n) is 24.5. The number of methoxy groups -OCH3 is 2. The number of rotatable bonds is 9. The number of fused-ring (bicyclic) bond motifs is 1. The summed E-state index contributed by atoms with van der Waals surface area (Å²) < 4.78 is 73.2. The third-order valence-corrected chi connectivity index (χ3v) is 7.02. The Morgan fingerprint density at radius 1 is 0.978 bits per heavy atom. The fourth-order valence-electron chi connectivity index (χ4n) is 4.84. The Balaban J connectivity index is 1.46. The molecule has 3 heterocycles. The van der Waals surface area contributed by atoms with Gasteiger partial charge in [0.05, 0.1) is 26.3 Å². The molecule has 0 aliphatic carbocycles. The van der Waals surface area contributed by atoms with Crippen LogP contribution in [-0.2, 0) is 6.54 Å². The molecule has 0 bridgehead atoms. The number of nitrogens with zero attached hydrogens (tertiary/aromatic N) is 3. The van der Waals surface area contributed by atoms with Gasteiger partial charge in [-0.15, -0.1) is 0 Å². The second-order valence-corrected chi connectivity index (χ2v) is 9.91. The molecule has 0 aliphatic rings. The maximum atomic E-state index is 15.2. The number of carbonyl (C=O) groups is 1. The Bertz CT molecular complexity index is 2000. The average molecular weight is 623 g/mol. The third-order valence-electron chi connectivity index (χ3n) is 7.02. The number of hydrogen-bond acceptors (Lipinski definition) is 7. The van der Waals surface area contributed by atoms with Crippen LogP contribution in [-0.4, -0.2) is 41.1 Å². The lowest BCUT2D eigenvalue weighted by Gasteiger charge is -2.18. The number of anilines is 1. The van der Waals surface area contributed by atoms with Crippen LogP contribution >= 0.6 is 0 Å². The standard InChI is InChI=1S/C32H26F4N4O5/c1-16-11-18(33)5-7-20(16)28-17(2)40(15-27(35)36)14-21(30(28)41)31(42)38-19-6-8-24(22(34)12-19)45-25-9-10-37-23-13-26(43-3)32(44-4)39-29(23)25/h5-14,27H,15H2,1-4H3,(H,38,42). The summed E-state index contributed by atoms with van der Waals surface area (Å²) in [7, 11) is 2.86. The van der Waals surface area contributed by atoms with E-state index in [2.05, 4.69) is 15.3 Å². The largest absolute Gasteiger partial charge is 0.491 e. The molecule has 2 aromatic carbocycles. The highest BCUT2D eigenvalue weighted by atomic mass is 19.3. The van der Waals surface area contributed by atoms with Crippen LogP contribution in [0.5, 0.6) is 23.1 Å². The van der Waals surface area contributed by atoms with Crippen LogP contribution in [0.15, 0.2) is 65.7 Å². The molecule has 0 atom stereocenters. The van der Waals surface area contributed by atoms with Crippen molar-refractivity contribution in [2.75, 3.05) is 19.5 Å². The van der Waals surface area contributed by atoms with Crippen molar-refractivity contribution in [3.8, 4) is 34.3 Å². The molecule has 232 valence electrons. The Kier molecular flexibility index (Phi) is 8.70. The van der Waals surface area contributed by atoms with Gasteiger partial charge < -0.3 is 24.1 Å². The van der Waals surface area contributed by atoms with Crippen LogP contribution in [0.1, 0.15) is 21.6 Å². The lowest BCUT2D eigenvalue weighted by atomic mass is 9.97. The van der Waals surface area contributed by atoms with Gasteiger partial charge in [-0.2, -0.15) is 0 Å². The van der Waals surface area contributed by atoms with Crippen LogP contribution in [0.3, 0.4) is 0 Å². The number of halogens is 4. The highest BCUT2D eigenvalue weighted by Gasteiger charge is 2.22. The SMILES string of the molecule is COc1cc2nccc(Oc3ccc(NC(=O)c4cn(CC(F)F)c(C)c(-c5ccc(F)cc5C)c4=O)cc3F)c2nc1OC. The predicted molar refractivity (Wildman–Crippen MR) is 159 cm³/mol. The minimum Gasteiger partial charge on any atom is -0.491 e. The average Bonchev–Trinajstić information content (AvgIpc) is 3.00. The summed E-state index contributed by atoms with van der Waals surface area (Å²) in [6.07, 6.45) is -0.316. The van der Waals surface area contributed by atoms with Crippen molar-refractivity contribution >= 4 is 22.6 Å². The molecule has 3 aromatic heterocycles. The van der Waals surface area contributed by atoms with Gasteiger partial charge in [-0.3, -0.25) is 14.6 Å². The summed E-state index contributed by atoms with van der Waals surface area (Å²) >= 11 is 0. The number of carbonyl (C=O) groups excluding carboxylic acids is 1. The van der Waals surface area contributed by atoms with Crippen molar-refractivity contribution in [1.29, 1.82) is 0 Å². The van der Waals surface area contributed by atoms with E-state index in [0.717, 1.165) is 22.9 Å². The number of nitrogens with one attached hydrogen (secondary N) is 1. The molecule has 13 heteroatoms. The van der Waals surface area contributed by atoms with Gasteiger partial charge in [-0.25, -0.2) is 22.5 Å². The lowest BCUT2D eigenvalue weighted by molar-refractivity contribution is 0.102. The molecule has 45 heavy (non-hydrogen) atoms. The number of aryl methyl sites for hydroxylation is 1. The van der Waals surface area contributed by atoms with E-state index in [9.17, 15) is 22.8 Å². The Morgan fingerprint density at radius 2 is 1.76 bits per heavy atom. The number of benzene rings is 2. The molecule has 0 unspecified atom stereocenters. The van der Waals surface area contributed by atoms with Crippen LogP contribution in [0.25, 0.3) is 22.2 Å². The molecule has 0 saturated heterocycles. The molecule has 0 spiro atoms. The molecule has 5 aromatic rings. The zero-order valence-corrected chi connectivity index (χ0v) is 24.5. The van der Waals surface area contributed by atoms with Gasteiger partial charge >= 0.3 is 0 Å². The van der Waals surface area contributed by atoms with Gasteiger partial charge in [0.2, 0.25) is 5.43 Å². The number of alkyl halides is 2. The fraction of sp³-hybridized carbons (Fsp3) is 0.188. The molecule has 0 radical (unpaired) electrons. The second-order valence-electron chi connectivity index (χ2n) is 9.91. The van der Waals surface area contributed by atoms with Gasteiger partial charge in [0, 0.05) is 47.5 Å². The highest BCUT2D eigenvalue weighted by molar-refractivity contribution is 6.04. The number of amides is 1. The van der Waals surface area contributed by atoms with Crippen LogP contribution in [0, 0.1) is 25.5 Å². The quantitative estimate of drug-likeness (QED) is 0.183. The molecule has 0 aliphatic heterocycles. The van der Waals surface area contributed by atoms with Gasteiger partial charge in [0.1, 0.15) is 16.9 Å². The first-order valence-corrected chi connectivity index (χ1v) is 13.5. The van der Waals surface area contributed by atoms with Gasteiger partial charge in [-0.05, 0) is 49.2 Å². The summed E-state index contributed by atoms with van der Waals surface area (Å²) in [5.41, 5.74) is 0.250. The molecule has 0 saturated carbocycles. The Hall–Kier alpha value is -5.46. The summed E-state index contributed by atoms with van der Waals surface area (Å²) in [6, 6.07) is 10.3. The topological polar surface area (TPSA) is 105 Å². The molecular formula is C32H26F4N4O5. The van der Waals surface area contributed by atoms with Crippen molar-refractivity contribution in [3.05, 3.63) is 99.6 Å². The first-order valence-electron chi connectivity index (χ1n) is 13.5. The molecule has 9 nitrogen and oxygen atoms in total. The highest BCUT2D eigenvalue weighted by Crippen LogP contribution is 2.35. The number of hydrogen-bond donors (Lipinski definition) is 1. The van der Waals surface area contributed by atoms with Crippen molar-refractivity contribution in [1.82, 2.24) is 14.5 Å². The Morgan fingerprint density at radius 3 is 2.42 bits per heavy atom. The van der Waals surface area contributed by atoms with E-state index in [1.54, 1.807) is 13.0 Å². The first-order chi connectivity index (χ1) is 21.5. The van der Waals surface area contributed by atoms with Crippen molar-refractivity contribution in [2.45, 2.75) is 26.8 Å². The van der Waals surface area contributed by atoms with E-state index in [0.29, 0.717) is 22.4 Å². The van der Waals surface area contributed by atoms with Crippen molar-refractivity contribution < 1.29 is 36.6 Å². The summed E-state index contributed by atoms with van der Waals surface area (Å²) in [6.45, 7) is 2.23. The number of aromatic nitrogens is 3. The smallest absolute Gasteiger partial charge is 0.261 e. The fourth-order valence-corrected chi connectivity index (χ4v) is 4.84. The minimum atomic E-state index is -2.79. The second kappa shape index (κ2) is 12.6. The van der Waals surface area contributed by atoms with Crippen LogP contribution in [0.2, 0.25) is 0 Å². The maximum absolute atomic E-state index is 15.2. The lowest BCUT2D eigenvalue weighted by Crippen LogP contribution is -2.27. The van der Waals surface area contributed by atoms with E-state index < -0.39 is 41.5 Å². The molecular weight excluding hydrogens is 596 g/mol. The Labute approximate surface area is 254 Å². The molecule has 1 N–H and O–H groups in total. The van der Waals surface area contributed by atoms with E-state index in [-0.39, 0.29) is 39.8 Å². The van der Waals surface area contributed by atoms with Crippen LogP contribution in [0.4, 0.5) is 23.2 Å². The van der Waals surface area contributed by atoms with Gasteiger partial charge in [0.25, 0.3) is 18.2 Å². The van der Waals surface area contributed by atoms with Gasteiger partial charge in [-0.1, -0.05) is 6.07 Å². The zero-order chi connectivity index (χ0) is 32.4. The number of ether oxygens (including phenoxy) is 3. The van der Waals surface area contributed by atoms with Crippen LogP contribution < -0.4 is 25.0 Å². The maximum Gasteiger partial charge on any atom is 0.261 e. The molecule has 5 rings (SSSR count). The molecule has 1 amide bonds. The summed E-state index contributed by atoms with van der Waals surface area (Å²) in [4.78, 5) is 35.4. The predicted octanol–water partition coefficient (Wildman–Crippen LogP) is 6.68. The monoisotopic (exact) mass is 622 g/mol. The third kappa shape index (κ3) is 6.28. The van der Waals surface area contributed by atoms with Gasteiger partial charge in [0.15, 0.2) is 23.1 Å². The molecule has 0 fully saturated rings. The van der Waals surface area contributed by atoms with E-state index in [1.807, 2.05) is 0 Å². The van der Waals surface area contributed by atoms with E-state index >= 15 is 4.39 Å². The minimum absolute atomic E-state index is 0.0248. The summed E-state index contributed by atoms with van der Waals surface area (Å²) in [5, 5.41) is 2.44. The normalized spacial score (nSPS) is 11.1. The number of pyridine rings is 3. The van der Waals surface area contributed by atoms with Crippen molar-refractivity contribution in [2.24, 2.45) is 0 Å². The van der Waals surface area contributed by atoms with Crippen molar-refractivity contribution in [3.63, 3.8) is 0 Å². The summed E-state index contributed by atoms with van der Waals surface area (Å²) in [5.74, 6) is -1.89. The van der Waals surface area contributed by atoms with E-state index in [1.165, 1.54) is 57.7 Å². The first kappa shape index (κ1) is 31.0.